The SMILES string of the molecule is CN1CCN(C)C(c2ccc(O)cc2)C1. The highest BCUT2D eigenvalue weighted by Gasteiger charge is 2.23. The lowest BCUT2D eigenvalue weighted by atomic mass is 10.0. The first-order valence-corrected chi connectivity index (χ1v) is 5.34. The van der Waals surface area contributed by atoms with E-state index in [0.717, 1.165) is 19.6 Å². The summed E-state index contributed by atoms with van der Waals surface area (Å²) < 4.78 is 0. The van der Waals surface area contributed by atoms with Crippen molar-refractivity contribution in [2.45, 2.75) is 6.04 Å². The topological polar surface area (TPSA) is 26.7 Å². The van der Waals surface area contributed by atoms with Crippen LogP contribution in [0.3, 0.4) is 0 Å². The molecule has 1 fully saturated rings. The van der Waals surface area contributed by atoms with Crippen molar-refractivity contribution < 1.29 is 5.11 Å². The first kappa shape index (κ1) is 10.5. The molecule has 0 radical (unpaired) electrons. The van der Waals surface area contributed by atoms with Crippen molar-refractivity contribution in [3.05, 3.63) is 29.8 Å². The van der Waals surface area contributed by atoms with Crippen molar-refractivity contribution in [3.8, 4) is 5.75 Å². The molecule has 3 heteroatoms. The van der Waals surface area contributed by atoms with E-state index in [1.807, 2.05) is 12.1 Å². The van der Waals surface area contributed by atoms with Gasteiger partial charge in [-0.15, -0.1) is 0 Å². The number of phenolic OH excluding ortho intramolecular Hbond substituents is 1. The normalized spacial score (nSPS) is 24.3. The highest BCUT2D eigenvalue weighted by Crippen LogP contribution is 2.24. The van der Waals surface area contributed by atoms with Crippen LogP contribution < -0.4 is 0 Å². The van der Waals surface area contributed by atoms with E-state index in [0.29, 0.717) is 11.8 Å². The zero-order valence-corrected chi connectivity index (χ0v) is 9.35. The molecule has 1 aliphatic rings. The smallest absolute Gasteiger partial charge is 0.115 e. The largest absolute Gasteiger partial charge is 0.508 e. The fraction of sp³-hybridized carbons (Fsp3) is 0.500. The fourth-order valence-corrected chi connectivity index (χ4v) is 2.07. The molecule has 1 N–H and O–H groups in total. The molecular formula is C12H18N2O. The lowest BCUT2D eigenvalue weighted by Gasteiger charge is -2.38. The lowest BCUT2D eigenvalue weighted by Crippen LogP contribution is -2.44. The van der Waals surface area contributed by atoms with Crippen LogP contribution in [0.4, 0.5) is 0 Å². The molecule has 0 aromatic heterocycles. The van der Waals surface area contributed by atoms with Gasteiger partial charge in [-0.3, -0.25) is 4.90 Å². The average Bonchev–Trinajstić information content (AvgIpc) is 2.23. The van der Waals surface area contributed by atoms with E-state index in [1.165, 1.54) is 5.56 Å². The highest BCUT2D eigenvalue weighted by molar-refractivity contribution is 5.28. The molecule has 0 bridgehead atoms. The Morgan fingerprint density at radius 2 is 1.80 bits per heavy atom. The van der Waals surface area contributed by atoms with Crippen LogP contribution in [0.1, 0.15) is 11.6 Å². The van der Waals surface area contributed by atoms with Gasteiger partial charge in [0.05, 0.1) is 0 Å². The molecule has 0 aliphatic carbocycles. The number of nitrogens with zero attached hydrogens (tertiary/aromatic N) is 2. The van der Waals surface area contributed by atoms with Gasteiger partial charge < -0.3 is 10.0 Å². The van der Waals surface area contributed by atoms with Gasteiger partial charge >= 0.3 is 0 Å². The van der Waals surface area contributed by atoms with Crippen molar-refractivity contribution >= 4 is 0 Å². The fourth-order valence-electron chi connectivity index (χ4n) is 2.07. The molecule has 0 spiro atoms. The monoisotopic (exact) mass is 206 g/mol. The van der Waals surface area contributed by atoms with Crippen molar-refractivity contribution in [2.75, 3.05) is 33.7 Å². The lowest BCUT2D eigenvalue weighted by molar-refractivity contribution is 0.115. The molecule has 1 unspecified atom stereocenters. The number of likely N-dealkylation sites (N-methyl/N-ethyl adjacent to an activating group) is 2. The molecule has 1 aliphatic heterocycles. The zero-order chi connectivity index (χ0) is 10.8. The molecule has 0 amide bonds. The Labute approximate surface area is 90.9 Å². The number of hydrogen-bond acceptors (Lipinski definition) is 3. The van der Waals surface area contributed by atoms with E-state index < -0.39 is 0 Å². The molecular weight excluding hydrogens is 188 g/mol. The van der Waals surface area contributed by atoms with E-state index in [9.17, 15) is 5.11 Å². The first-order chi connectivity index (χ1) is 7.16. The Hall–Kier alpha value is -1.06. The second-order valence-electron chi connectivity index (χ2n) is 4.35. The number of hydrogen-bond donors (Lipinski definition) is 1. The third-order valence-corrected chi connectivity index (χ3v) is 3.13. The van der Waals surface area contributed by atoms with Crippen molar-refractivity contribution in [3.63, 3.8) is 0 Å². The number of aromatic hydroxyl groups is 1. The van der Waals surface area contributed by atoms with Crippen LogP contribution in [0, 0.1) is 0 Å². The third-order valence-electron chi connectivity index (χ3n) is 3.13. The first-order valence-electron chi connectivity index (χ1n) is 5.34. The minimum atomic E-state index is 0.338. The summed E-state index contributed by atoms with van der Waals surface area (Å²) >= 11 is 0. The molecule has 0 saturated carbocycles. The molecule has 1 aromatic carbocycles. The summed E-state index contributed by atoms with van der Waals surface area (Å²) in [5.41, 5.74) is 1.28. The van der Waals surface area contributed by atoms with Crippen LogP contribution in [-0.2, 0) is 0 Å². The van der Waals surface area contributed by atoms with Crippen LogP contribution in [0.15, 0.2) is 24.3 Å². The molecule has 1 heterocycles. The van der Waals surface area contributed by atoms with Gasteiger partial charge in [-0.05, 0) is 31.8 Å². The minimum absolute atomic E-state index is 0.338. The van der Waals surface area contributed by atoms with Crippen LogP contribution >= 0.6 is 0 Å². The molecule has 15 heavy (non-hydrogen) atoms. The van der Waals surface area contributed by atoms with Gasteiger partial charge in [-0.2, -0.15) is 0 Å². The summed E-state index contributed by atoms with van der Waals surface area (Å²) in [6.07, 6.45) is 0. The van der Waals surface area contributed by atoms with Gasteiger partial charge in [0.2, 0.25) is 0 Å². The van der Waals surface area contributed by atoms with Crippen molar-refractivity contribution in [1.82, 2.24) is 9.80 Å². The van der Waals surface area contributed by atoms with Crippen LogP contribution in [0.5, 0.6) is 5.75 Å². The van der Waals surface area contributed by atoms with Gasteiger partial charge in [0.15, 0.2) is 0 Å². The van der Waals surface area contributed by atoms with E-state index in [1.54, 1.807) is 12.1 Å². The summed E-state index contributed by atoms with van der Waals surface area (Å²) in [6, 6.07) is 7.99. The average molecular weight is 206 g/mol. The number of benzene rings is 1. The van der Waals surface area contributed by atoms with Crippen molar-refractivity contribution in [2.24, 2.45) is 0 Å². The molecule has 82 valence electrons. The number of phenols is 1. The number of piperazine rings is 1. The Kier molecular flexibility index (Phi) is 2.93. The third kappa shape index (κ3) is 2.30. The van der Waals surface area contributed by atoms with Gasteiger partial charge in [0, 0.05) is 25.7 Å². The van der Waals surface area contributed by atoms with Crippen LogP contribution in [-0.4, -0.2) is 48.6 Å². The van der Waals surface area contributed by atoms with Gasteiger partial charge in [-0.25, -0.2) is 0 Å². The second-order valence-corrected chi connectivity index (χ2v) is 4.35. The molecule has 1 aromatic rings. The van der Waals surface area contributed by atoms with Crippen LogP contribution in [0.25, 0.3) is 0 Å². The Bertz CT molecular complexity index is 323. The Balaban J connectivity index is 2.17. The van der Waals surface area contributed by atoms with Gasteiger partial charge in [0.1, 0.15) is 5.75 Å². The summed E-state index contributed by atoms with van der Waals surface area (Å²) in [4.78, 5) is 4.71. The standard InChI is InChI=1S/C12H18N2O/c1-13-7-8-14(2)12(9-13)10-3-5-11(15)6-4-10/h3-6,12,15H,7-9H2,1-2H3. The van der Waals surface area contributed by atoms with E-state index in [4.69, 9.17) is 0 Å². The summed E-state index contributed by atoms with van der Waals surface area (Å²) in [7, 11) is 4.31. The maximum absolute atomic E-state index is 9.25. The molecule has 2 rings (SSSR count). The predicted octanol–water partition coefficient (Wildman–Crippen LogP) is 1.31. The Morgan fingerprint density at radius 1 is 1.13 bits per heavy atom. The molecule has 3 nitrogen and oxygen atoms in total. The minimum Gasteiger partial charge on any atom is -0.508 e. The van der Waals surface area contributed by atoms with Crippen LogP contribution in [0.2, 0.25) is 0 Å². The second kappa shape index (κ2) is 4.21. The summed E-state index contributed by atoms with van der Waals surface area (Å²) in [5, 5.41) is 9.25. The van der Waals surface area contributed by atoms with Crippen molar-refractivity contribution in [1.29, 1.82) is 0 Å². The van der Waals surface area contributed by atoms with Gasteiger partial charge in [0.25, 0.3) is 0 Å². The summed E-state index contributed by atoms with van der Waals surface area (Å²) in [5.74, 6) is 0.338. The zero-order valence-electron chi connectivity index (χ0n) is 9.35. The Morgan fingerprint density at radius 3 is 2.47 bits per heavy atom. The maximum atomic E-state index is 9.25. The number of rotatable bonds is 1. The van der Waals surface area contributed by atoms with E-state index in [-0.39, 0.29) is 0 Å². The van der Waals surface area contributed by atoms with E-state index in [2.05, 4.69) is 23.9 Å². The maximum Gasteiger partial charge on any atom is 0.115 e. The van der Waals surface area contributed by atoms with Gasteiger partial charge in [-0.1, -0.05) is 12.1 Å². The summed E-state index contributed by atoms with van der Waals surface area (Å²) in [6.45, 7) is 3.29. The molecule has 1 saturated heterocycles. The predicted molar refractivity (Wildman–Crippen MR) is 61.0 cm³/mol. The van der Waals surface area contributed by atoms with E-state index >= 15 is 0 Å². The molecule has 1 atom stereocenters. The quantitative estimate of drug-likeness (QED) is 0.750. The highest BCUT2D eigenvalue weighted by atomic mass is 16.3.